The standard InChI is InChI=1S/C15H8NOS/c1-2-6-12-10(4-1)8-13(17-12)11-5-3-7-14-15(11)16-9-18-14/h1-8H. The molecule has 0 unspecified atom stereocenters. The maximum Gasteiger partial charge on any atom is 0.153 e. The number of para-hydroxylation sites is 2. The van der Waals surface area contributed by atoms with Crippen molar-refractivity contribution < 1.29 is 4.42 Å². The predicted octanol–water partition coefficient (Wildman–Crippen LogP) is 4.51. The Kier molecular flexibility index (Phi) is 2.02. The van der Waals surface area contributed by atoms with Crippen LogP contribution in [-0.2, 0) is 0 Å². The van der Waals surface area contributed by atoms with Gasteiger partial charge in [-0.25, -0.2) is 4.98 Å². The van der Waals surface area contributed by atoms with Crippen LogP contribution in [0.25, 0.3) is 32.5 Å². The molecule has 2 nitrogen and oxygen atoms in total. The SMILES string of the molecule is [c]1nc2c(-c3cc4ccccc4o3)cccc2s1. The molecular formula is C15H8NOS. The van der Waals surface area contributed by atoms with Crippen molar-refractivity contribution >= 4 is 32.5 Å². The quantitative estimate of drug-likeness (QED) is 0.496. The van der Waals surface area contributed by atoms with Crippen molar-refractivity contribution in [2.75, 3.05) is 0 Å². The van der Waals surface area contributed by atoms with Crippen LogP contribution in [0.15, 0.2) is 52.9 Å². The summed E-state index contributed by atoms with van der Waals surface area (Å²) in [6.07, 6.45) is 0. The Bertz CT molecular complexity index is 811. The summed E-state index contributed by atoms with van der Waals surface area (Å²) < 4.78 is 7.01. The molecular weight excluding hydrogens is 242 g/mol. The minimum Gasteiger partial charge on any atom is -0.456 e. The van der Waals surface area contributed by atoms with E-state index in [4.69, 9.17) is 4.42 Å². The van der Waals surface area contributed by atoms with E-state index in [0.717, 1.165) is 32.5 Å². The van der Waals surface area contributed by atoms with Crippen molar-refractivity contribution in [3.05, 3.63) is 54.0 Å². The van der Waals surface area contributed by atoms with E-state index < -0.39 is 0 Å². The first-order valence-electron chi connectivity index (χ1n) is 5.66. The van der Waals surface area contributed by atoms with E-state index in [1.165, 1.54) is 11.3 Å². The van der Waals surface area contributed by atoms with E-state index in [-0.39, 0.29) is 0 Å². The Labute approximate surface area is 108 Å². The molecule has 3 heteroatoms. The first kappa shape index (κ1) is 9.85. The number of hydrogen-bond acceptors (Lipinski definition) is 3. The third-order valence-electron chi connectivity index (χ3n) is 3.00. The van der Waals surface area contributed by atoms with Gasteiger partial charge in [0.1, 0.15) is 11.3 Å². The highest BCUT2D eigenvalue weighted by molar-refractivity contribution is 7.16. The van der Waals surface area contributed by atoms with Crippen molar-refractivity contribution in [2.24, 2.45) is 0 Å². The largest absolute Gasteiger partial charge is 0.456 e. The van der Waals surface area contributed by atoms with Crippen molar-refractivity contribution in [3.8, 4) is 11.3 Å². The van der Waals surface area contributed by atoms with Gasteiger partial charge in [0.2, 0.25) is 0 Å². The molecule has 0 bridgehead atoms. The third-order valence-corrected chi connectivity index (χ3v) is 3.73. The number of furan rings is 1. The van der Waals surface area contributed by atoms with E-state index in [1.807, 2.05) is 30.3 Å². The maximum atomic E-state index is 5.88. The van der Waals surface area contributed by atoms with E-state index in [1.54, 1.807) is 0 Å². The molecule has 0 aliphatic heterocycles. The number of hydrogen-bond donors (Lipinski definition) is 0. The monoisotopic (exact) mass is 250 g/mol. The van der Waals surface area contributed by atoms with Gasteiger partial charge in [-0.3, -0.25) is 0 Å². The summed E-state index contributed by atoms with van der Waals surface area (Å²) in [7, 11) is 0. The van der Waals surface area contributed by atoms with E-state index in [0.29, 0.717) is 0 Å². The maximum absolute atomic E-state index is 5.88. The van der Waals surface area contributed by atoms with Gasteiger partial charge in [0.05, 0.1) is 10.2 Å². The van der Waals surface area contributed by atoms with Crippen LogP contribution >= 0.6 is 11.3 Å². The summed E-state index contributed by atoms with van der Waals surface area (Å²) in [6, 6.07) is 16.2. The predicted molar refractivity (Wildman–Crippen MR) is 73.7 cm³/mol. The molecule has 0 N–H and O–H groups in total. The highest BCUT2D eigenvalue weighted by Gasteiger charge is 2.10. The zero-order chi connectivity index (χ0) is 11.9. The van der Waals surface area contributed by atoms with Gasteiger partial charge in [0.15, 0.2) is 5.51 Å². The normalized spacial score (nSPS) is 11.3. The molecule has 0 amide bonds. The summed E-state index contributed by atoms with van der Waals surface area (Å²) in [5, 5.41) is 1.11. The van der Waals surface area contributed by atoms with Gasteiger partial charge in [-0.1, -0.05) is 24.3 Å². The zero-order valence-corrected chi connectivity index (χ0v) is 10.2. The van der Waals surface area contributed by atoms with Crippen LogP contribution in [0.1, 0.15) is 0 Å². The lowest BCUT2D eigenvalue weighted by molar-refractivity contribution is 0.632. The topological polar surface area (TPSA) is 26.0 Å². The number of thiazole rings is 1. The van der Waals surface area contributed by atoms with Gasteiger partial charge in [0.25, 0.3) is 0 Å². The third kappa shape index (κ3) is 1.38. The molecule has 0 atom stereocenters. The summed E-state index contributed by atoms with van der Waals surface area (Å²) >= 11 is 1.53. The Morgan fingerprint density at radius 1 is 1.06 bits per heavy atom. The molecule has 0 saturated heterocycles. The van der Waals surface area contributed by atoms with Crippen molar-refractivity contribution in [1.29, 1.82) is 0 Å². The van der Waals surface area contributed by atoms with Crippen LogP contribution in [-0.4, -0.2) is 4.98 Å². The van der Waals surface area contributed by atoms with Gasteiger partial charge in [-0.05, 0) is 24.3 Å². The minimum atomic E-state index is 0.862. The lowest BCUT2D eigenvalue weighted by Crippen LogP contribution is -1.76. The number of rotatable bonds is 1. The van der Waals surface area contributed by atoms with Crippen molar-refractivity contribution in [1.82, 2.24) is 4.98 Å². The Morgan fingerprint density at radius 3 is 2.94 bits per heavy atom. The molecule has 2 aromatic heterocycles. The Morgan fingerprint density at radius 2 is 2.00 bits per heavy atom. The van der Waals surface area contributed by atoms with Gasteiger partial charge in [-0.15, -0.1) is 11.3 Å². The van der Waals surface area contributed by atoms with Gasteiger partial charge in [-0.2, -0.15) is 0 Å². The highest BCUT2D eigenvalue weighted by atomic mass is 32.1. The molecule has 0 aliphatic rings. The second-order valence-electron chi connectivity index (χ2n) is 4.11. The first-order chi connectivity index (χ1) is 8.92. The van der Waals surface area contributed by atoms with Gasteiger partial charge in [0, 0.05) is 10.9 Å². The second-order valence-corrected chi connectivity index (χ2v) is 4.93. The molecule has 1 radical (unpaired) electrons. The fraction of sp³-hybridized carbons (Fsp3) is 0. The Balaban J connectivity index is 2.04. The molecule has 0 fully saturated rings. The molecule has 2 aromatic carbocycles. The van der Waals surface area contributed by atoms with Crippen LogP contribution < -0.4 is 0 Å². The molecule has 0 aliphatic carbocycles. The minimum absolute atomic E-state index is 0.862. The van der Waals surface area contributed by atoms with E-state index in [9.17, 15) is 0 Å². The lowest BCUT2D eigenvalue weighted by atomic mass is 10.1. The molecule has 0 saturated carbocycles. The summed E-state index contributed by atoms with van der Waals surface area (Å²) in [5.41, 5.74) is 5.83. The number of benzene rings is 2. The fourth-order valence-electron chi connectivity index (χ4n) is 2.15. The van der Waals surface area contributed by atoms with Gasteiger partial charge < -0.3 is 4.42 Å². The van der Waals surface area contributed by atoms with Crippen LogP contribution in [0.3, 0.4) is 0 Å². The molecule has 4 rings (SSSR count). The van der Waals surface area contributed by atoms with Crippen LogP contribution in [0, 0.1) is 5.51 Å². The number of fused-ring (bicyclic) bond motifs is 2. The van der Waals surface area contributed by atoms with Crippen LogP contribution in [0.4, 0.5) is 0 Å². The van der Waals surface area contributed by atoms with Crippen molar-refractivity contribution in [3.63, 3.8) is 0 Å². The van der Waals surface area contributed by atoms with Gasteiger partial charge >= 0.3 is 0 Å². The molecule has 18 heavy (non-hydrogen) atoms. The fourth-order valence-corrected chi connectivity index (χ4v) is 2.79. The summed E-state index contributed by atoms with van der Waals surface area (Å²) in [6.45, 7) is 0. The zero-order valence-electron chi connectivity index (χ0n) is 9.38. The molecule has 0 spiro atoms. The van der Waals surface area contributed by atoms with Crippen LogP contribution in [0.2, 0.25) is 0 Å². The smallest absolute Gasteiger partial charge is 0.153 e. The summed E-state index contributed by atoms with van der Waals surface area (Å²) in [5.74, 6) is 0.862. The number of nitrogens with zero attached hydrogens (tertiary/aromatic N) is 1. The highest BCUT2D eigenvalue weighted by Crippen LogP contribution is 2.33. The molecule has 2 heterocycles. The second kappa shape index (κ2) is 3.68. The van der Waals surface area contributed by atoms with E-state index >= 15 is 0 Å². The van der Waals surface area contributed by atoms with Crippen molar-refractivity contribution in [2.45, 2.75) is 0 Å². The number of aromatic nitrogens is 1. The average molecular weight is 250 g/mol. The average Bonchev–Trinajstić information content (AvgIpc) is 3.04. The molecule has 4 aromatic rings. The molecule has 85 valence electrons. The first-order valence-corrected chi connectivity index (χ1v) is 6.48. The lowest BCUT2D eigenvalue weighted by Gasteiger charge is -1.97. The Hall–Kier alpha value is -2.13. The van der Waals surface area contributed by atoms with E-state index in [2.05, 4.69) is 28.7 Å². The summed E-state index contributed by atoms with van der Waals surface area (Å²) in [4.78, 5) is 4.30. The van der Waals surface area contributed by atoms with Crippen LogP contribution in [0.5, 0.6) is 0 Å².